The quantitative estimate of drug-likeness (QED) is 0.809. The summed E-state index contributed by atoms with van der Waals surface area (Å²) in [4.78, 5) is 0. The number of rotatable bonds is 4. The third-order valence-corrected chi connectivity index (χ3v) is 2.78. The lowest BCUT2D eigenvalue weighted by Crippen LogP contribution is -2.24. The second kappa shape index (κ2) is 5.87. The normalized spacial score (nSPS) is 18.9. The molecule has 0 bridgehead atoms. The molecule has 1 aromatic rings. The summed E-state index contributed by atoms with van der Waals surface area (Å²) in [7, 11) is 0. The van der Waals surface area contributed by atoms with Gasteiger partial charge in [-0.25, -0.2) is 0 Å². The van der Waals surface area contributed by atoms with E-state index in [1.807, 2.05) is 36.4 Å². The molecule has 1 aliphatic carbocycles. The Balaban J connectivity index is 1.88. The molecule has 1 unspecified atom stereocenters. The lowest BCUT2D eigenvalue weighted by molar-refractivity contribution is 0.143. The van der Waals surface area contributed by atoms with Crippen LogP contribution in [0.25, 0.3) is 0 Å². The number of hydroxylamine groups is 1. The second-order valence-corrected chi connectivity index (χ2v) is 4.29. The molecule has 1 atom stereocenters. The first kappa shape index (κ1) is 12.2. The van der Waals surface area contributed by atoms with Crippen LogP contribution in [0.2, 0.25) is 5.02 Å². The van der Waals surface area contributed by atoms with Crippen molar-refractivity contribution in [3.63, 3.8) is 0 Å². The van der Waals surface area contributed by atoms with E-state index in [0.29, 0.717) is 11.6 Å². The summed E-state index contributed by atoms with van der Waals surface area (Å²) in [6.45, 7) is 0.509. The largest absolute Gasteiger partial charge is 0.489 e. The maximum absolute atomic E-state index is 8.74. The van der Waals surface area contributed by atoms with Crippen LogP contribution >= 0.6 is 11.6 Å². The van der Waals surface area contributed by atoms with Gasteiger partial charge in [0.15, 0.2) is 0 Å². The van der Waals surface area contributed by atoms with E-state index in [-0.39, 0.29) is 6.04 Å². The third kappa shape index (κ3) is 3.60. The van der Waals surface area contributed by atoms with E-state index in [0.717, 1.165) is 17.7 Å². The van der Waals surface area contributed by atoms with Crippen LogP contribution in [-0.2, 0) is 0 Å². The predicted molar refractivity (Wildman–Crippen MR) is 67.5 cm³/mol. The molecule has 0 heterocycles. The summed E-state index contributed by atoms with van der Waals surface area (Å²) < 4.78 is 5.61. The Bertz CT molecular complexity index is 443. The Hall–Kier alpha value is -1.29. The number of hydrogen-bond acceptors (Lipinski definition) is 3. The SMILES string of the molecule is ONC1C=CC(COc2cccc(Cl)c2)=CC1. The first-order valence-electron chi connectivity index (χ1n) is 5.43. The minimum absolute atomic E-state index is 0.00456. The van der Waals surface area contributed by atoms with Gasteiger partial charge in [0.2, 0.25) is 0 Å². The van der Waals surface area contributed by atoms with E-state index in [1.54, 1.807) is 6.07 Å². The van der Waals surface area contributed by atoms with Crippen LogP contribution in [0.15, 0.2) is 48.1 Å². The van der Waals surface area contributed by atoms with Gasteiger partial charge in [-0.3, -0.25) is 0 Å². The molecule has 0 radical (unpaired) electrons. The average Bonchev–Trinajstić information content (AvgIpc) is 2.37. The van der Waals surface area contributed by atoms with Gasteiger partial charge in [-0.15, -0.1) is 0 Å². The van der Waals surface area contributed by atoms with Crippen molar-refractivity contribution < 1.29 is 9.94 Å². The first-order chi connectivity index (χ1) is 8.28. The fraction of sp³-hybridized carbons (Fsp3) is 0.231. The van der Waals surface area contributed by atoms with Gasteiger partial charge in [0.25, 0.3) is 0 Å². The van der Waals surface area contributed by atoms with Crippen LogP contribution in [0.5, 0.6) is 5.75 Å². The van der Waals surface area contributed by atoms with Crippen LogP contribution in [-0.4, -0.2) is 17.9 Å². The Morgan fingerprint density at radius 1 is 1.47 bits per heavy atom. The molecule has 0 aromatic heterocycles. The maximum atomic E-state index is 8.74. The van der Waals surface area contributed by atoms with Gasteiger partial charge in [-0.1, -0.05) is 35.9 Å². The molecular weight excluding hydrogens is 238 g/mol. The zero-order valence-electron chi connectivity index (χ0n) is 9.27. The lowest BCUT2D eigenvalue weighted by Gasteiger charge is -2.14. The predicted octanol–water partition coefficient (Wildman–Crippen LogP) is 2.95. The highest BCUT2D eigenvalue weighted by Gasteiger charge is 2.07. The Kier molecular flexibility index (Phi) is 4.20. The van der Waals surface area contributed by atoms with Crippen molar-refractivity contribution in [2.24, 2.45) is 0 Å². The summed E-state index contributed by atoms with van der Waals surface area (Å²) in [5.74, 6) is 0.759. The van der Waals surface area contributed by atoms with E-state index < -0.39 is 0 Å². The van der Waals surface area contributed by atoms with Crippen molar-refractivity contribution in [1.29, 1.82) is 0 Å². The summed E-state index contributed by atoms with van der Waals surface area (Å²) in [5.41, 5.74) is 3.31. The van der Waals surface area contributed by atoms with Crippen LogP contribution in [0.4, 0.5) is 0 Å². The van der Waals surface area contributed by atoms with Gasteiger partial charge in [0.1, 0.15) is 12.4 Å². The summed E-state index contributed by atoms with van der Waals surface area (Å²) in [6, 6.07) is 7.33. The van der Waals surface area contributed by atoms with Crippen molar-refractivity contribution in [3.8, 4) is 5.75 Å². The first-order valence-corrected chi connectivity index (χ1v) is 5.81. The molecule has 0 saturated carbocycles. The van der Waals surface area contributed by atoms with Gasteiger partial charge in [-0.05, 0) is 30.2 Å². The minimum atomic E-state index is 0.00456. The molecule has 90 valence electrons. The maximum Gasteiger partial charge on any atom is 0.121 e. The fourth-order valence-electron chi connectivity index (χ4n) is 1.59. The molecule has 2 rings (SSSR count). The molecule has 17 heavy (non-hydrogen) atoms. The Morgan fingerprint density at radius 3 is 3.00 bits per heavy atom. The smallest absolute Gasteiger partial charge is 0.121 e. The van der Waals surface area contributed by atoms with Crippen LogP contribution in [0.1, 0.15) is 6.42 Å². The van der Waals surface area contributed by atoms with E-state index in [9.17, 15) is 0 Å². The van der Waals surface area contributed by atoms with Crippen LogP contribution in [0, 0.1) is 0 Å². The summed E-state index contributed by atoms with van der Waals surface area (Å²) in [5, 5.41) is 9.41. The van der Waals surface area contributed by atoms with E-state index in [2.05, 4.69) is 5.48 Å². The van der Waals surface area contributed by atoms with Crippen LogP contribution in [0.3, 0.4) is 0 Å². The molecule has 0 aliphatic heterocycles. The highest BCUT2D eigenvalue weighted by Crippen LogP contribution is 2.18. The van der Waals surface area contributed by atoms with Gasteiger partial charge < -0.3 is 9.94 Å². The zero-order chi connectivity index (χ0) is 12.1. The van der Waals surface area contributed by atoms with Crippen LogP contribution < -0.4 is 10.2 Å². The Morgan fingerprint density at radius 2 is 2.35 bits per heavy atom. The van der Waals surface area contributed by atoms with Gasteiger partial charge >= 0.3 is 0 Å². The summed E-state index contributed by atoms with van der Waals surface area (Å²) >= 11 is 5.86. The third-order valence-electron chi connectivity index (χ3n) is 2.54. The lowest BCUT2D eigenvalue weighted by atomic mass is 10.0. The van der Waals surface area contributed by atoms with E-state index in [4.69, 9.17) is 21.5 Å². The zero-order valence-corrected chi connectivity index (χ0v) is 10.0. The average molecular weight is 252 g/mol. The van der Waals surface area contributed by atoms with Gasteiger partial charge in [0, 0.05) is 5.02 Å². The monoisotopic (exact) mass is 251 g/mol. The minimum Gasteiger partial charge on any atom is -0.489 e. The molecule has 3 nitrogen and oxygen atoms in total. The van der Waals surface area contributed by atoms with Crippen molar-refractivity contribution in [2.45, 2.75) is 12.5 Å². The standard InChI is InChI=1S/C13H14ClNO2/c14-11-2-1-3-13(8-11)17-9-10-4-6-12(15-16)7-5-10/h1-6,8,12,15-16H,7,9H2. The molecule has 1 aromatic carbocycles. The molecule has 0 amide bonds. The fourth-order valence-corrected chi connectivity index (χ4v) is 1.77. The second-order valence-electron chi connectivity index (χ2n) is 3.86. The molecule has 2 N–H and O–H groups in total. The summed E-state index contributed by atoms with van der Waals surface area (Å²) in [6.07, 6.45) is 6.66. The van der Waals surface area contributed by atoms with E-state index >= 15 is 0 Å². The highest BCUT2D eigenvalue weighted by molar-refractivity contribution is 6.30. The number of hydrogen-bond donors (Lipinski definition) is 2. The van der Waals surface area contributed by atoms with Crippen molar-refractivity contribution in [1.82, 2.24) is 5.48 Å². The number of nitrogens with one attached hydrogen (secondary N) is 1. The van der Waals surface area contributed by atoms with E-state index in [1.165, 1.54) is 0 Å². The molecule has 0 fully saturated rings. The molecule has 0 saturated heterocycles. The molecule has 1 aliphatic rings. The Labute approximate surface area is 105 Å². The number of halogens is 1. The number of benzene rings is 1. The van der Waals surface area contributed by atoms with Gasteiger partial charge in [0.05, 0.1) is 6.04 Å². The molecular formula is C13H14ClNO2. The van der Waals surface area contributed by atoms with Crippen molar-refractivity contribution in [2.75, 3.05) is 6.61 Å². The van der Waals surface area contributed by atoms with Crippen molar-refractivity contribution in [3.05, 3.63) is 53.1 Å². The number of ether oxygens (including phenoxy) is 1. The topological polar surface area (TPSA) is 41.5 Å². The highest BCUT2D eigenvalue weighted by atomic mass is 35.5. The molecule has 0 spiro atoms. The van der Waals surface area contributed by atoms with Gasteiger partial charge in [-0.2, -0.15) is 5.48 Å². The van der Waals surface area contributed by atoms with Crippen molar-refractivity contribution >= 4 is 11.6 Å². The molecule has 4 heteroatoms.